The van der Waals surface area contributed by atoms with Crippen molar-refractivity contribution in [2.45, 2.75) is 11.8 Å². The van der Waals surface area contributed by atoms with Crippen LogP contribution in [-0.4, -0.2) is 4.73 Å². The van der Waals surface area contributed by atoms with Crippen LogP contribution in [0.5, 0.6) is 0 Å². The van der Waals surface area contributed by atoms with Gasteiger partial charge in [0.1, 0.15) is 4.64 Å². The van der Waals surface area contributed by atoms with Crippen LogP contribution in [0.3, 0.4) is 0 Å². The molecule has 1 heterocycles. The molecular weight excluding hydrogens is 244 g/mol. The van der Waals surface area contributed by atoms with Crippen LogP contribution >= 0.6 is 12.2 Å². The zero-order chi connectivity index (χ0) is 12.7. The molecule has 2 atom stereocenters. The van der Waals surface area contributed by atoms with Gasteiger partial charge in [0.25, 0.3) is 0 Å². The highest BCUT2D eigenvalue weighted by Crippen LogP contribution is 2.50. The Kier molecular flexibility index (Phi) is 2.42. The fourth-order valence-corrected chi connectivity index (χ4v) is 2.85. The molecule has 0 fully saturated rings. The molecule has 2 unspecified atom stereocenters. The smallest absolute Gasteiger partial charge is 0.105 e. The summed E-state index contributed by atoms with van der Waals surface area (Å²) >= 11 is 5.15. The number of hydrogen-bond acceptors (Lipinski definition) is 3. The zero-order valence-electron chi connectivity index (χ0n) is 9.41. The Morgan fingerprint density at radius 3 is 2.61 bits per heavy atom. The largest absolute Gasteiger partial charge is 0.805 e. The van der Waals surface area contributed by atoms with E-state index in [0.29, 0.717) is 4.73 Å². The second-order valence-electron chi connectivity index (χ2n) is 4.31. The van der Waals surface area contributed by atoms with Crippen molar-refractivity contribution in [3.05, 3.63) is 69.1 Å². The van der Waals surface area contributed by atoms with E-state index in [1.165, 1.54) is 6.20 Å². The molecule has 4 heteroatoms. The minimum Gasteiger partial charge on any atom is -0.805 e. The Morgan fingerprint density at radius 2 is 1.94 bits per heavy atom. The van der Waals surface area contributed by atoms with E-state index in [2.05, 4.69) is 6.07 Å². The Balaban J connectivity index is 2.20. The highest BCUT2D eigenvalue weighted by molar-refractivity contribution is 7.71. The fraction of sp³-hybridized carbons (Fsp3) is 0.143. The molecule has 1 aromatic carbocycles. The van der Waals surface area contributed by atoms with Crippen molar-refractivity contribution in [2.75, 3.05) is 0 Å². The van der Waals surface area contributed by atoms with Crippen LogP contribution in [0.2, 0.25) is 0 Å². The normalized spacial score (nSPS) is 20.6. The van der Waals surface area contributed by atoms with Crippen molar-refractivity contribution in [3.63, 3.8) is 0 Å². The number of benzene rings is 1. The van der Waals surface area contributed by atoms with E-state index < -0.39 is 0 Å². The highest BCUT2D eigenvalue weighted by atomic mass is 32.1. The molecule has 3 rings (SSSR count). The van der Waals surface area contributed by atoms with E-state index in [4.69, 9.17) is 12.2 Å². The van der Waals surface area contributed by atoms with Gasteiger partial charge in [-0.3, -0.25) is 0 Å². The molecular formula is C14H9N2OS-. The molecule has 1 aliphatic carbocycles. The third-order valence-electron chi connectivity index (χ3n) is 3.41. The molecule has 0 saturated carbocycles. The Bertz CT molecular complexity index is 700. The van der Waals surface area contributed by atoms with Gasteiger partial charge in [0.2, 0.25) is 0 Å². The third kappa shape index (κ3) is 1.38. The first kappa shape index (κ1) is 11.0. The maximum absolute atomic E-state index is 11.5. The molecule has 2 aromatic rings. The first-order valence-corrected chi connectivity index (χ1v) is 6.02. The molecule has 0 bridgehead atoms. The van der Waals surface area contributed by atoms with Crippen molar-refractivity contribution in [1.82, 2.24) is 4.73 Å². The van der Waals surface area contributed by atoms with E-state index in [-0.39, 0.29) is 16.5 Å². The lowest BCUT2D eigenvalue weighted by Crippen LogP contribution is -2.26. The molecule has 0 amide bonds. The van der Waals surface area contributed by atoms with E-state index >= 15 is 0 Å². The SMILES string of the molecule is N#CC1c2ccn([O-])c(=S)c2C1c1ccccc1. The molecule has 1 aromatic heterocycles. The predicted molar refractivity (Wildman–Crippen MR) is 70.7 cm³/mol. The Labute approximate surface area is 110 Å². The number of hydrogen-bond donors (Lipinski definition) is 0. The summed E-state index contributed by atoms with van der Waals surface area (Å²) in [6.45, 7) is 0. The van der Waals surface area contributed by atoms with Gasteiger partial charge in [-0.05, 0) is 23.4 Å². The van der Waals surface area contributed by atoms with Crippen molar-refractivity contribution in [2.24, 2.45) is 0 Å². The van der Waals surface area contributed by atoms with Crippen molar-refractivity contribution < 1.29 is 0 Å². The lowest BCUT2D eigenvalue weighted by Gasteiger charge is -2.37. The van der Waals surface area contributed by atoms with Gasteiger partial charge in [0.15, 0.2) is 0 Å². The molecule has 18 heavy (non-hydrogen) atoms. The number of fused-ring (bicyclic) bond motifs is 1. The summed E-state index contributed by atoms with van der Waals surface area (Å²) in [4.78, 5) is 0. The van der Waals surface area contributed by atoms with Gasteiger partial charge in [-0.25, -0.2) is 0 Å². The Morgan fingerprint density at radius 1 is 1.22 bits per heavy atom. The second kappa shape index (κ2) is 3.97. The summed E-state index contributed by atoms with van der Waals surface area (Å²) in [7, 11) is 0. The van der Waals surface area contributed by atoms with Crippen molar-refractivity contribution in [3.8, 4) is 6.07 Å². The molecule has 0 N–H and O–H groups in total. The zero-order valence-corrected chi connectivity index (χ0v) is 10.2. The van der Waals surface area contributed by atoms with E-state index in [1.54, 1.807) is 6.07 Å². The van der Waals surface area contributed by atoms with Crippen molar-refractivity contribution >= 4 is 12.2 Å². The van der Waals surface area contributed by atoms with Gasteiger partial charge in [0, 0.05) is 11.5 Å². The summed E-state index contributed by atoms with van der Waals surface area (Å²) in [6, 6.07) is 13.7. The molecule has 3 nitrogen and oxygen atoms in total. The summed E-state index contributed by atoms with van der Waals surface area (Å²) in [5.41, 5.74) is 2.76. The molecule has 1 aliphatic rings. The van der Waals surface area contributed by atoms with Gasteiger partial charge in [0.05, 0.1) is 12.0 Å². The fourth-order valence-electron chi connectivity index (χ4n) is 2.55. The summed E-state index contributed by atoms with van der Waals surface area (Å²) < 4.78 is 0.977. The van der Waals surface area contributed by atoms with Crippen LogP contribution in [0.1, 0.15) is 28.5 Å². The van der Waals surface area contributed by atoms with Crippen LogP contribution in [0, 0.1) is 21.2 Å². The number of nitriles is 1. The van der Waals surface area contributed by atoms with Crippen LogP contribution in [-0.2, 0) is 0 Å². The molecule has 88 valence electrons. The molecule has 0 saturated heterocycles. The van der Waals surface area contributed by atoms with Crippen LogP contribution in [0.15, 0.2) is 42.6 Å². The first-order valence-electron chi connectivity index (χ1n) is 5.61. The predicted octanol–water partition coefficient (Wildman–Crippen LogP) is 3.32. The topological polar surface area (TPSA) is 51.8 Å². The quantitative estimate of drug-likeness (QED) is 0.732. The van der Waals surface area contributed by atoms with E-state index in [9.17, 15) is 10.5 Å². The lowest BCUT2D eigenvalue weighted by molar-refractivity contribution is 0.620. The number of pyridine rings is 1. The first-order chi connectivity index (χ1) is 8.74. The maximum atomic E-state index is 11.5. The van der Waals surface area contributed by atoms with Crippen LogP contribution in [0.25, 0.3) is 0 Å². The Hall–Kier alpha value is -2.12. The molecule has 0 aliphatic heterocycles. The average molecular weight is 253 g/mol. The standard InChI is InChI=1S/C14H9N2OS/c15-8-11-10-6-7-16(17)14(18)13(10)12(11)9-4-2-1-3-5-9/h1-7,11-12H/q-1. The third-order valence-corrected chi connectivity index (χ3v) is 3.81. The lowest BCUT2D eigenvalue weighted by atomic mass is 9.66. The monoisotopic (exact) mass is 253 g/mol. The van der Waals surface area contributed by atoms with Crippen LogP contribution < -0.4 is 0 Å². The van der Waals surface area contributed by atoms with Crippen LogP contribution in [0.4, 0.5) is 0 Å². The van der Waals surface area contributed by atoms with Gasteiger partial charge >= 0.3 is 0 Å². The molecule has 0 radical (unpaired) electrons. The van der Waals surface area contributed by atoms with Crippen molar-refractivity contribution in [1.29, 1.82) is 5.26 Å². The van der Waals surface area contributed by atoms with E-state index in [0.717, 1.165) is 16.7 Å². The number of nitrogens with zero attached hydrogens (tertiary/aromatic N) is 2. The minimum atomic E-state index is -0.203. The second-order valence-corrected chi connectivity index (χ2v) is 4.70. The van der Waals surface area contributed by atoms with Gasteiger partial charge < -0.3 is 9.94 Å². The van der Waals surface area contributed by atoms with Gasteiger partial charge in [-0.1, -0.05) is 42.5 Å². The molecule has 0 spiro atoms. The highest BCUT2D eigenvalue weighted by Gasteiger charge is 2.40. The maximum Gasteiger partial charge on any atom is 0.105 e. The van der Waals surface area contributed by atoms with E-state index in [1.807, 2.05) is 30.3 Å². The number of aromatic nitrogens is 1. The van der Waals surface area contributed by atoms with Gasteiger partial charge in [-0.15, -0.1) is 0 Å². The summed E-state index contributed by atoms with van der Waals surface area (Å²) in [5, 5.41) is 20.8. The van der Waals surface area contributed by atoms with Gasteiger partial charge in [-0.2, -0.15) is 5.26 Å². The summed E-state index contributed by atoms with van der Waals surface area (Å²) in [6.07, 6.45) is 1.38. The number of rotatable bonds is 1. The average Bonchev–Trinajstić information content (AvgIpc) is 2.37. The summed E-state index contributed by atoms with van der Waals surface area (Å²) in [5.74, 6) is -0.273. The minimum absolute atomic E-state index is 0.0694.